The molecule has 0 radical (unpaired) electrons. The van der Waals surface area contributed by atoms with Crippen LogP contribution in [-0.4, -0.2) is 112 Å². The highest BCUT2D eigenvalue weighted by Gasteiger charge is 2.25. The molecule has 53 heavy (non-hydrogen) atoms. The van der Waals surface area contributed by atoms with Crippen molar-refractivity contribution >= 4 is 61.8 Å². The minimum absolute atomic E-state index is 0.238. The number of anilines is 4. The van der Waals surface area contributed by atoms with Crippen molar-refractivity contribution in [3.63, 3.8) is 0 Å². The Morgan fingerprint density at radius 2 is 1.15 bits per heavy atom. The normalized spacial score (nSPS) is 16.1. The van der Waals surface area contributed by atoms with Gasteiger partial charge >= 0.3 is 0 Å². The maximum atomic E-state index is 5.69. The van der Waals surface area contributed by atoms with E-state index >= 15 is 0 Å². The average molecular weight is 788 g/mol. The number of imidazole rings is 2. The van der Waals surface area contributed by atoms with Crippen LogP contribution in [0.1, 0.15) is 52.6 Å². The zero-order valence-corrected chi connectivity index (χ0v) is 31.8. The molecule has 6 aromatic heterocycles. The Morgan fingerprint density at radius 1 is 0.642 bits per heavy atom. The number of fused-ring (bicyclic) bond motifs is 2. The van der Waals surface area contributed by atoms with Crippen LogP contribution < -0.4 is 21.3 Å². The number of ether oxygens (including phenoxy) is 2. The second-order valence-corrected chi connectivity index (χ2v) is 13.6. The molecule has 0 aliphatic carbocycles. The van der Waals surface area contributed by atoms with Crippen molar-refractivity contribution in [2.75, 3.05) is 73.9 Å². The van der Waals surface area contributed by atoms with E-state index in [2.05, 4.69) is 92.5 Å². The third-order valence-electron chi connectivity index (χ3n) is 9.41. The van der Waals surface area contributed by atoms with E-state index in [9.17, 15) is 0 Å². The van der Waals surface area contributed by atoms with E-state index in [0.29, 0.717) is 78.3 Å². The first kappa shape index (κ1) is 36.2. The third-order valence-corrected chi connectivity index (χ3v) is 9.97. The molecule has 2 unspecified atom stereocenters. The third kappa shape index (κ3) is 7.54. The molecule has 278 valence electrons. The number of nitrogens with two attached hydrogens (primary N) is 2. The molecule has 2 fully saturated rings. The van der Waals surface area contributed by atoms with Crippen LogP contribution in [0.25, 0.3) is 45.1 Å². The Hall–Kier alpha value is -5.14. The van der Waals surface area contributed by atoms with Gasteiger partial charge in [0.25, 0.3) is 0 Å². The van der Waals surface area contributed by atoms with Gasteiger partial charge in [0, 0.05) is 38.3 Å². The van der Waals surface area contributed by atoms with Gasteiger partial charge in [-0.3, -0.25) is 0 Å². The quantitative estimate of drug-likeness (QED) is 0.208. The molecule has 0 aromatic carbocycles. The van der Waals surface area contributed by atoms with Gasteiger partial charge in [0.1, 0.15) is 45.4 Å². The van der Waals surface area contributed by atoms with Crippen molar-refractivity contribution in [3.05, 3.63) is 35.8 Å². The Bertz CT molecular complexity index is 2160. The van der Waals surface area contributed by atoms with E-state index in [1.165, 1.54) is 12.4 Å². The first-order chi connectivity index (χ1) is 25.7. The molecular formula is C34H43BrN16O2. The lowest BCUT2D eigenvalue weighted by Gasteiger charge is -2.27. The first-order valence-electron chi connectivity index (χ1n) is 17.8. The minimum Gasteiger partial charge on any atom is -0.382 e. The number of hydrogen-bond donors (Lipinski definition) is 2. The van der Waals surface area contributed by atoms with E-state index in [-0.39, 0.29) is 12.1 Å². The van der Waals surface area contributed by atoms with Gasteiger partial charge in [-0.25, -0.2) is 39.9 Å². The monoisotopic (exact) mass is 786 g/mol. The Kier molecular flexibility index (Phi) is 10.8. The van der Waals surface area contributed by atoms with Gasteiger partial charge in [0.15, 0.2) is 16.0 Å². The number of nitrogen functional groups attached to an aromatic ring is 2. The van der Waals surface area contributed by atoms with Crippen molar-refractivity contribution in [2.45, 2.75) is 52.6 Å². The highest BCUT2D eigenvalue weighted by Crippen LogP contribution is 2.32. The molecule has 2 atom stereocenters. The molecule has 0 saturated carbocycles. The molecule has 0 amide bonds. The summed E-state index contributed by atoms with van der Waals surface area (Å²) >= 11 is 3.58. The van der Waals surface area contributed by atoms with E-state index < -0.39 is 0 Å². The largest absolute Gasteiger partial charge is 0.382 e. The zero-order chi connectivity index (χ0) is 37.1. The van der Waals surface area contributed by atoms with Crippen LogP contribution in [0, 0.1) is 0 Å². The van der Waals surface area contributed by atoms with Gasteiger partial charge in [0.2, 0.25) is 11.9 Å². The zero-order valence-electron chi connectivity index (χ0n) is 30.2. The molecule has 18 nitrogen and oxygen atoms in total. The summed E-state index contributed by atoms with van der Waals surface area (Å²) in [5, 5.41) is 0. The molecular weight excluding hydrogens is 744 g/mol. The summed E-state index contributed by atoms with van der Waals surface area (Å²) in [5.41, 5.74) is 17.0. The van der Waals surface area contributed by atoms with Gasteiger partial charge in [-0.1, -0.05) is 13.8 Å². The molecule has 2 aliphatic rings. The molecule has 8 heterocycles. The Labute approximate surface area is 314 Å². The Balaban J connectivity index is 0.000000164. The second kappa shape index (κ2) is 15.8. The van der Waals surface area contributed by atoms with Crippen molar-refractivity contribution in [3.8, 4) is 22.8 Å². The number of aromatic nitrogens is 12. The van der Waals surface area contributed by atoms with Crippen LogP contribution in [0.4, 0.5) is 23.5 Å². The van der Waals surface area contributed by atoms with Gasteiger partial charge in [-0.15, -0.1) is 0 Å². The summed E-state index contributed by atoms with van der Waals surface area (Å²) in [5.74, 6) is 2.05. The number of morpholine rings is 2. The van der Waals surface area contributed by atoms with Crippen molar-refractivity contribution in [1.29, 1.82) is 0 Å². The fourth-order valence-corrected chi connectivity index (χ4v) is 6.72. The average Bonchev–Trinajstić information content (AvgIpc) is 3.78. The van der Waals surface area contributed by atoms with Crippen LogP contribution in [0.5, 0.6) is 0 Å². The lowest BCUT2D eigenvalue weighted by molar-refractivity contribution is 0.122. The molecule has 19 heteroatoms. The summed E-state index contributed by atoms with van der Waals surface area (Å²) in [7, 11) is 0. The van der Waals surface area contributed by atoms with Gasteiger partial charge in [0.05, 0.1) is 57.5 Å². The SMILES string of the molecule is CCC(C)n1c(Br)nc2c(-c3cnc(N)cn3)nc(N3CCOCC3)nc21.CCC(C)n1cnc2c(-c3cnc(N)cn3)nc(N3CCOCC3)nc21. The predicted octanol–water partition coefficient (Wildman–Crippen LogP) is 4.11. The lowest BCUT2D eigenvalue weighted by atomic mass is 10.2. The maximum Gasteiger partial charge on any atom is 0.228 e. The van der Waals surface area contributed by atoms with Crippen molar-refractivity contribution in [2.24, 2.45) is 0 Å². The lowest BCUT2D eigenvalue weighted by Crippen LogP contribution is -2.37. The highest BCUT2D eigenvalue weighted by molar-refractivity contribution is 9.10. The van der Waals surface area contributed by atoms with Crippen LogP contribution in [-0.2, 0) is 9.47 Å². The summed E-state index contributed by atoms with van der Waals surface area (Å²) in [6.45, 7) is 14.3. The van der Waals surface area contributed by atoms with E-state index in [1.54, 1.807) is 12.4 Å². The molecule has 2 aliphatic heterocycles. The predicted molar refractivity (Wildman–Crippen MR) is 205 cm³/mol. The summed E-state index contributed by atoms with van der Waals surface area (Å²) < 4.78 is 15.8. The van der Waals surface area contributed by atoms with E-state index in [0.717, 1.165) is 60.6 Å². The van der Waals surface area contributed by atoms with Crippen molar-refractivity contribution < 1.29 is 9.47 Å². The minimum atomic E-state index is 0.238. The van der Waals surface area contributed by atoms with Gasteiger partial charge in [-0.2, -0.15) is 9.97 Å². The number of nitrogens with zero attached hydrogens (tertiary/aromatic N) is 14. The van der Waals surface area contributed by atoms with Crippen LogP contribution in [0.3, 0.4) is 0 Å². The number of halogens is 1. The number of hydrogen-bond acceptors (Lipinski definition) is 16. The molecule has 8 rings (SSSR count). The molecule has 4 N–H and O–H groups in total. The van der Waals surface area contributed by atoms with Crippen LogP contribution in [0.2, 0.25) is 0 Å². The smallest absolute Gasteiger partial charge is 0.228 e. The fourth-order valence-electron chi connectivity index (χ4n) is 6.02. The summed E-state index contributed by atoms with van der Waals surface area (Å²) in [4.78, 5) is 49.8. The molecule has 6 aromatic rings. The van der Waals surface area contributed by atoms with Gasteiger partial charge in [-0.05, 0) is 42.6 Å². The Morgan fingerprint density at radius 3 is 1.64 bits per heavy atom. The second-order valence-electron chi connectivity index (χ2n) is 12.9. The standard InChI is InChI=1S/C17H21BrN8O.C17H22N8O/c1-3-10(2)26-15-14(22-16(26)18)13(11-8-21-12(19)9-20-11)23-17(24-15)25-4-6-27-7-5-25;1-3-11(2)25-10-21-15-14(12-8-20-13(18)9-19-12)22-17(23-16(15)25)24-4-6-26-7-5-24/h8-10H,3-7H2,1-2H3,(H2,19,21);8-11H,3-7H2,1-2H3,(H2,18,20). The first-order valence-corrected chi connectivity index (χ1v) is 18.6. The summed E-state index contributed by atoms with van der Waals surface area (Å²) in [6.07, 6.45) is 10.1. The maximum absolute atomic E-state index is 5.69. The van der Waals surface area contributed by atoms with E-state index in [1.807, 2.05) is 6.33 Å². The van der Waals surface area contributed by atoms with Crippen LogP contribution >= 0.6 is 15.9 Å². The van der Waals surface area contributed by atoms with E-state index in [4.69, 9.17) is 40.9 Å². The van der Waals surface area contributed by atoms with Gasteiger partial charge < -0.3 is 39.9 Å². The molecule has 0 bridgehead atoms. The highest BCUT2D eigenvalue weighted by atomic mass is 79.9. The summed E-state index contributed by atoms with van der Waals surface area (Å²) in [6, 6.07) is 0.528. The topological polar surface area (TPSA) is 216 Å². The molecule has 0 spiro atoms. The molecule has 2 saturated heterocycles. The number of rotatable bonds is 8. The fraction of sp³-hybridized carbons (Fsp3) is 0.471. The van der Waals surface area contributed by atoms with Crippen molar-refractivity contribution in [1.82, 2.24) is 59.0 Å². The van der Waals surface area contributed by atoms with Crippen LogP contribution in [0.15, 0.2) is 35.8 Å².